The lowest BCUT2D eigenvalue weighted by Crippen LogP contribution is -2.12. The van der Waals surface area contributed by atoms with Crippen LogP contribution >= 0.6 is 11.6 Å². The van der Waals surface area contributed by atoms with Crippen LogP contribution in [0.1, 0.15) is 26.4 Å². The van der Waals surface area contributed by atoms with Gasteiger partial charge in [0.25, 0.3) is 0 Å². The standard InChI is InChI=1S/C15H12ClN3O4/c1-22-14(20)8-3-4-10(16)11(5-8)19-7-9(6-17)12(18)13(19)15(21)23-2/h3-5,7H,18H2,1-2H3. The fraction of sp³-hybridized carbons (Fsp3) is 0.133. The van der Waals surface area contributed by atoms with E-state index in [1.165, 1.54) is 43.2 Å². The van der Waals surface area contributed by atoms with E-state index in [0.717, 1.165) is 0 Å². The lowest BCUT2D eigenvalue weighted by Gasteiger charge is -2.11. The van der Waals surface area contributed by atoms with E-state index >= 15 is 0 Å². The highest BCUT2D eigenvalue weighted by molar-refractivity contribution is 6.32. The first-order valence-corrected chi connectivity index (χ1v) is 6.69. The monoisotopic (exact) mass is 333 g/mol. The number of halogens is 1. The van der Waals surface area contributed by atoms with Crippen LogP contribution in [-0.4, -0.2) is 30.7 Å². The number of benzene rings is 1. The van der Waals surface area contributed by atoms with Crippen molar-refractivity contribution in [1.82, 2.24) is 4.57 Å². The number of ether oxygens (including phenoxy) is 2. The molecule has 0 amide bonds. The number of nitriles is 1. The van der Waals surface area contributed by atoms with E-state index in [2.05, 4.69) is 4.74 Å². The number of hydrogen-bond donors (Lipinski definition) is 1. The van der Waals surface area contributed by atoms with Crippen LogP contribution in [0.5, 0.6) is 0 Å². The summed E-state index contributed by atoms with van der Waals surface area (Å²) in [5.74, 6) is -1.30. The highest BCUT2D eigenvalue weighted by Gasteiger charge is 2.23. The lowest BCUT2D eigenvalue weighted by atomic mass is 10.2. The third kappa shape index (κ3) is 2.84. The summed E-state index contributed by atoms with van der Waals surface area (Å²) >= 11 is 6.15. The van der Waals surface area contributed by atoms with Gasteiger partial charge in [-0.2, -0.15) is 5.26 Å². The Kier molecular flexibility index (Phi) is 4.57. The molecule has 0 aliphatic rings. The summed E-state index contributed by atoms with van der Waals surface area (Å²) in [4.78, 5) is 23.6. The zero-order valence-corrected chi connectivity index (χ0v) is 13.0. The second-order valence-corrected chi connectivity index (χ2v) is 4.84. The quantitative estimate of drug-likeness (QED) is 0.862. The predicted molar refractivity (Wildman–Crippen MR) is 82.6 cm³/mol. The van der Waals surface area contributed by atoms with Crippen molar-refractivity contribution in [2.24, 2.45) is 0 Å². The molecule has 0 atom stereocenters. The normalized spacial score (nSPS) is 10.0. The fourth-order valence-electron chi connectivity index (χ4n) is 2.05. The van der Waals surface area contributed by atoms with Crippen LogP contribution in [0.15, 0.2) is 24.4 Å². The molecule has 2 rings (SSSR count). The van der Waals surface area contributed by atoms with Gasteiger partial charge in [0.15, 0.2) is 5.69 Å². The van der Waals surface area contributed by atoms with Crippen LogP contribution in [0, 0.1) is 11.3 Å². The zero-order valence-electron chi connectivity index (χ0n) is 12.3. The molecule has 1 heterocycles. The highest BCUT2D eigenvalue weighted by atomic mass is 35.5. The molecule has 8 heteroatoms. The van der Waals surface area contributed by atoms with Crippen LogP contribution in [-0.2, 0) is 9.47 Å². The molecule has 0 bridgehead atoms. The van der Waals surface area contributed by atoms with Crippen molar-refractivity contribution in [2.75, 3.05) is 20.0 Å². The number of nitrogens with two attached hydrogens (primary N) is 1. The van der Waals surface area contributed by atoms with Gasteiger partial charge < -0.3 is 19.8 Å². The Hall–Kier alpha value is -2.98. The Morgan fingerprint density at radius 2 is 1.91 bits per heavy atom. The molecule has 0 aliphatic heterocycles. The van der Waals surface area contributed by atoms with Crippen molar-refractivity contribution in [3.05, 3.63) is 46.2 Å². The van der Waals surface area contributed by atoms with Crippen LogP contribution in [0.2, 0.25) is 5.02 Å². The first kappa shape index (κ1) is 16.4. The molecule has 2 N–H and O–H groups in total. The Labute approximate surface area is 136 Å². The van der Waals surface area contributed by atoms with Crippen LogP contribution in [0.3, 0.4) is 0 Å². The molecule has 0 radical (unpaired) electrons. The molecule has 0 fully saturated rings. The Morgan fingerprint density at radius 3 is 2.48 bits per heavy atom. The molecule has 2 aromatic rings. The van der Waals surface area contributed by atoms with Gasteiger partial charge in [-0.05, 0) is 18.2 Å². The minimum atomic E-state index is -0.733. The molecule has 0 aliphatic carbocycles. The average Bonchev–Trinajstić information content (AvgIpc) is 2.90. The van der Waals surface area contributed by atoms with Crippen LogP contribution < -0.4 is 5.73 Å². The molecular formula is C15H12ClN3O4. The van der Waals surface area contributed by atoms with Gasteiger partial charge in [0.2, 0.25) is 0 Å². The van der Waals surface area contributed by atoms with Crippen molar-refractivity contribution in [1.29, 1.82) is 5.26 Å². The number of carbonyl (C=O) groups excluding carboxylic acids is 2. The van der Waals surface area contributed by atoms with E-state index < -0.39 is 11.9 Å². The fourth-order valence-corrected chi connectivity index (χ4v) is 2.26. The topological polar surface area (TPSA) is 107 Å². The molecule has 1 aromatic carbocycles. The van der Waals surface area contributed by atoms with Crippen molar-refractivity contribution in [2.45, 2.75) is 0 Å². The summed E-state index contributed by atoms with van der Waals surface area (Å²) in [5.41, 5.74) is 6.36. The average molecular weight is 334 g/mol. The van der Waals surface area contributed by atoms with Crippen LogP contribution in [0.25, 0.3) is 5.69 Å². The van der Waals surface area contributed by atoms with E-state index in [0.29, 0.717) is 5.69 Å². The minimum absolute atomic E-state index is 0.0288. The van der Waals surface area contributed by atoms with Crippen molar-refractivity contribution >= 4 is 29.2 Å². The first-order chi connectivity index (χ1) is 10.9. The number of nitrogen functional groups attached to an aromatic ring is 1. The summed E-state index contributed by atoms with van der Waals surface area (Å²) < 4.78 is 10.7. The van der Waals surface area contributed by atoms with E-state index in [9.17, 15) is 9.59 Å². The number of anilines is 1. The Morgan fingerprint density at radius 1 is 1.26 bits per heavy atom. The van der Waals surface area contributed by atoms with Gasteiger partial charge in [-0.15, -0.1) is 0 Å². The summed E-state index contributed by atoms with van der Waals surface area (Å²) in [7, 11) is 2.44. The smallest absolute Gasteiger partial charge is 0.357 e. The maximum atomic E-state index is 12.0. The van der Waals surface area contributed by atoms with Crippen molar-refractivity contribution in [3.63, 3.8) is 0 Å². The second kappa shape index (κ2) is 6.42. The van der Waals surface area contributed by atoms with Gasteiger partial charge in [0.05, 0.1) is 41.7 Å². The molecule has 0 saturated carbocycles. The van der Waals surface area contributed by atoms with Crippen molar-refractivity contribution < 1.29 is 19.1 Å². The number of esters is 2. The third-order valence-electron chi connectivity index (χ3n) is 3.17. The summed E-state index contributed by atoms with van der Waals surface area (Å²) in [5, 5.41) is 9.36. The Balaban J connectivity index is 2.74. The number of carbonyl (C=O) groups is 2. The maximum Gasteiger partial charge on any atom is 0.357 e. The van der Waals surface area contributed by atoms with Gasteiger partial charge in [-0.25, -0.2) is 9.59 Å². The van der Waals surface area contributed by atoms with Crippen LogP contribution in [0.4, 0.5) is 5.69 Å². The largest absolute Gasteiger partial charge is 0.465 e. The maximum absolute atomic E-state index is 12.0. The zero-order chi connectivity index (χ0) is 17.1. The molecule has 118 valence electrons. The van der Waals surface area contributed by atoms with Gasteiger partial charge in [-0.3, -0.25) is 0 Å². The number of rotatable bonds is 3. The number of hydrogen-bond acceptors (Lipinski definition) is 6. The van der Waals surface area contributed by atoms with Gasteiger partial charge >= 0.3 is 11.9 Å². The van der Waals surface area contributed by atoms with Crippen molar-refractivity contribution in [3.8, 4) is 11.8 Å². The van der Waals surface area contributed by atoms with E-state index in [1.54, 1.807) is 0 Å². The minimum Gasteiger partial charge on any atom is -0.465 e. The molecule has 0 unspecified atom stereocenters. The molecule has 1 aromatic heterocycles. The van der Waals surface area contributed by atoms with Gasteiger partial charge in [0.1, 0.15) is 6.07 Å². The molecule has 0 spiro atoms. The van der Waals surface area contributed by atoms with E-state index in [-0.39, 0.29) is 27.5 Å². The SMILES string of the molecule is COC(=O)c1ccc(Cl)c(-n2cc(C#N)c(N)c2C(=O)OC)c1. The van der Waals surface area contributed by atoms with Gasteiger partial charge in [-0.1, -0.05) is 11.6 Å². The summed E-state index contributed by atoms with van der Waals surface area (Å²) in [6.45, 7) is 0. The summed E-state index contributed by atoms with van der Waals surface area (Å²) in [6, 6.07) is 6.27. The number of aromatic nitrogens is 1. The molecular weight excluding hydrogens is 322 g/mol. The molecule has 0 saturated heterocycles. The molecule has 7 nitrogen and oxygen atoms in total. The molecule has 23 heavy (non-hydrogen) atoms. The highest BCUT2D eigenvalue weighted by Crippen LogP contribution is 2.29. The predicted octanol–water partition coefficient (Wildman–Crippen LogP) is 2.16. The Bertz CT molecular complexity index is 836. The van der Waals surface area contributed by atoms with Gasteiger partial charge in [0, 0.05) is 6.20 Å². The van der Waals surface area contributed by atoms with E-state index in [1.807, 2.05) is 6.07 Å². The van der Waals surface area contributed by atoms with E-state index in [4.69, 9.17) is 27.3 Å². The number of nitrogens with zero attached hydrogens (tertiary/aromatic N) is 2. The first-order valence-electron chi connectivity index (χ1n) is 6.32. The number of methoxy groups -OCH3 is 2. The lowest BCUT2D eigenvalue weighted by molar-refractivity contribution is 0.0588. The summed E-state index contributed by atoms with van der Waals surface area (Å²) in [6.07, 6.45) is 1.35. The third-order valence-corrected chi connectivity index (χ3v) is 3.49. The second-order valence-electron chi connectivity index (χ2n) is 4.44.